The summed E-state index contributed by atoms with van der Waals surface area (Å²) >= 11 is 1.70. The minimum absolute atomic E-state index is 0.0453. The molecule has 1 N–H and O–H groups in total. The molecule has 2 saturated heterocycles. The highest BCUT2D eigenvalue weighted by Crippen LogP contribution is 2.34. The monoisotopic (exact) mass is 338 g/mol. The average Bonchev–Trinajstić information content (AvgIpc) is 3.25. The number of likely N-dealkylation sites (tertiary alicyclic amines) is 1. The van der Waals surface area contributed by atoms with E-state index >= 15 is 0 Å². The molecule has 0 saturated carbocycles. The van der Waals surface area contributed by atoms with Gasteiger partial charge in [-0.25, -0.2) is 4.79 Å². The Morgan fingerprint density at radius 2 is 2.13 bits per heavy atom. The van der Waals surface area contributed by atoms with Crippen molar-refractivity contribution in [1.82, 2.24) is 10.2 Å². The van der Waals surface area contributed by atoms with E-state index in [4.69, 9.17) is 9.47 Å². The third kappa shape index (κ3) is 3.87. The summed E-state index contributed by atoms with van der Waals surface area (Å²) in [6.07, 6.45) is 1.87. The summed E-state index contributed by atoms with van der Waals surface area (Å²) in [5, 5.41) is 7.28. The van der Waals surface area contributed by atoms with Crippen molar-refractivity contribution in [2.24, 2.45) is 5.92 Å². The molecule has 5 nitrogen and oxygen atoms in total. The summed E-state index contributed by atoms with van der Waals surface area (Å²) in [7, 11) is 0. The van der Waals surface area contributed by atoms with Gasteiger partial charge in [0.15, 0.2) is 5.79 Å². The molecule has 2 aliphatic rings. The third-order valence-electron chi connectivity index (χ3n) is 5.06. The highest BCUT2D eigenvalue weighted by molar-refractivity contribution is 7.07. The lowest BCUT2D eigenvalue weighted by atomic mass is 9.89. The van der Waals surface area contributed by atoms with Crippen LogP contribution in [-0.4, -0.2) is 49.6 Å². The van der Waals surface area contributed by atoms with E-state index in [0.29, 0.717) is 31.6 Å². The van der Waals surface area contributed by atoms with Crippen molar-refractivity contribution in [1.29, 1.82) is 0 Å². The first-order valence-electron chi connectivity index (χ1n) is 8.41. The number of piperidine rings is 1. The first-order chi connectivity index (χ1) is 11.1. The lowest BCUT2D eigenvalue weighted by molar-refractivity contribution is -0.189. The third-order valence-corrected chi connectivity index (χ3v) is 5.76. The second-order valence-electron chi connectivity index (χ2n) is 6.62. The van der Waals surface area contributed by atoms with Gasteiger partial charge in [-0.15, -0.1) is 0 Å². The van der Waals surface area contributed by atoms with Crippen molar-refractivity contribution in [2.45, 2.75) is 38.4 Å². The van der Waals surface area contributed by atoms with Gasteiger partial charge in [0.25, 0.3) is 0 Å². The van der Waals surface area contributed by atoms with Crippen LogP contribution < -0.4 is 5.32 Å². The molecule has 3 heterocycles. The number of nitrogens with zero attached hydrogens (tertiary/aromatic N) is 1. The van der Waals surface area contributed by atoms with Crippen molar-refractivity contribution >= 4 is 17.4 Å². The number of thiophene rings is 1. The number of carbonyl (C=O) groups excluding carboxylic acids is 1. The van der Waals surface area contributed by atoms with E-state index in [1.165, 1.54) is 5.56 Å². The molecule has 0 bridgehead atoms. The summed E-state index contributed by atoms with van der Waals surface area (Å²) in [6, 6.07) is 2.17. The van der Waals surface area contributed by atoms with Crippen LogP contribution in [0.5, 0.6) is 0 Å². The molecular formula is C17H26N2O3S. The van der Waals surface area contributed by atoms with E-state index in [0.717, 1.165) is 25.9 Å². The summed E-state index contributed by atoms with van der Waals surface area (Å²) in [4.78, 5) is 14.2. The van der Waals surface area contributed by atoms with Gasteiger partial charge in [0, 0.05) is 25.6 Å². The van der Waals surface area contributed by atoms with E-state index in [2.05, 4.69) is 29.1 Å². The quantitative estimate of drug-likeness (QED) is 0.918. The molecule has 0 unspecified atom stereocenters. The molecule has 0 aliphatic carbocycles. The molecule has 23 heavy (non-hydrogen) atoms. The fourth-order valence-corrected chi connectivity index (χ4v) is 4.18. The Labute approximate surface area is 142 Å². The largest absolute Gasteiger partial charge is 0.348 e. The Balaban J connectivity index is 1.43. The Kier molecular flexibility index (Phi) is 5.24. The van der Waals surface area contributed by atoms with Crippen LogP contribution in [0.15, 0.2) is 16.8 Å². The van der Waals surface area contributed by atoms with E-state index in [1.807, 2.05) is 11.8 Å². The van der Waals surface area contributed by atoms with Crippen LogP contribution in [-0.2, 0) is 9.47 Å². The van der Waals surface area contributed by atoms with E-state index in [-0.39, 0.29) is 6.03 Å². The summed E-state index contributed by atoms with van der Waals surface area (Å²) in [5.41, 5.74) is 1.29. The fourth-order valence-electron chi connectivity index (χ4n) is 3.40. The van der Waals surface area contributed by atoms with Crippen molar-refractivity contribution in [2.75, 3.05) is 32.8 Å². The Morgan fingerprint density at radius 1 is 1.43 bits per heavy atom. The SMILES string of the molecule is C[C@@H](CNC(=O)N1CCC(C2(C)OCCO2)CC1)c1ccsc1. The topological polar surface area (TPSA) is 50.8 Å². The van der Waals surface area contributed by atoms with Crippen LogP contribution in [0.1, 0.15) is 38.2 Å². The maximum absolute atomic E-state index is 12.3. The highest BCUT2D eigenvalue weighted by Gasteiger charge is 2.41. The molecule has 3 rings (SSSR count). The number of urea groups is 1. The number of hydrogen-bond acceptors (Lipinski definition) is 4. The zero-order valence-electron chi connectivity index (χ0n) is 13.9. The Bertz CT molecular complexity index is 506. The van der Waals surface area contributed by atoms with Crippen LogP contribution in [0.25, 0.3) is 0 Å². The van der Waals surface area contributed by atoms with E-state index in [9.17, 15) is 4.79 Å². The zero-order valence-corrected chi connectivity index (χ0v) is 14.7. The average molecular weight is 338 g/mol. The lowest BCUT2D eigenvalue weighted by Crippen LogP contribution is -2.49. The van der Waals surface area contributed by atoms with Crippen LogP contribution >= 0.6 is 11.3 Å². The van der Waals surface area contributed by atoms with Crippen molar-refractivity contribution < 1.29 is 14.3 Å². The van der Waals surface area contributed by atoms with Gasteiger partial charge in [-0.3, -0.25) is 0 Å². The number of ether oxygens (including phenoxy) is 2. The molecule has 1 aromatic rings. The minimum Gasteiger partial charge on any atom is -0.348 e. The molecule has 0 aromatic carbocycles. The minimum atomic E-state index is -0.448. The lowest BCUT2D eigenvalue weighted by Gasteiger charge is -2.39. The molecule has 0 radical (unpaired) electrons. The normalized spacial score (nSPS) is 23.0. The number of carbonyl (C=O) groups is 1. The van der Waals surface area contributed by atoms with Crippen LogP contribution in [0, 0.1) is 5.92 Å². The van der Waals surface area contributed by atoms with Crippen molar-refractivity contribution in [3.05, 3.63) is 22.4 Å². The van der Waals surface area contributed by atoms with Gasteiger partial charge < -0.3 is 19.7 Å². The van der Waals surface area contributed by atoms with E-state index in [1.54, 1.807) is 11.3 Å². The first kappa shape index (κ1) is 16.7. The Morgan fingerprint density at radius 3 is 2.74 bits per heavy atom. The van der Waals surface area contributed by atoms with Crippen LogP contribution in [0.4, 0.5) is 4.79 Å². The van der Waals surface area contributed by atoms with Crippen LogP contribution in [0.2, 0.25) is 0 Å². The molecule has 1 aromatic heterocycles. The molecule has 2 amide bonds. The molecule has 2 fully saturated rings. The maximum Gasteiger partial charge on any atom is 0.317 e. The maximum atomic E-state index is 12.3. The number of amides is 2. The van der Waals surface area contributed by atoms with Crippen molar-refractivity contribution in [3.63, 3.8) is 0 Å². The second kappa shape index (κ2) is 7.20. The van der Waals surface area contributed by atoms with Gasteiger partial charge in [-0.05, 0) is 48.1 Å². The number of nitrogens with one attached hydrogen (secondary N) is 1. The van der Waals surface area contributed by atoms with Gasteiger partial charge in [-0.2, -0.15) is 11.3 Å². The molecule has 1 atom stereocenters. The zero-order chi connectivity index (χ0) is 16.3. The standard InChI is InChI=1S/C17H26N2O3S/c1-13(14-5-10-23-12-14)11-18-16(20)19-6-3-15(4-7-19)17(2)21-8-9-22-17/h5,10,12-13,15H,3-4,6-9,11H2,1-2H3,(H,18,20)/t13-/m0/s1. The molecule has 128 valence electrons. The summed E-state index contributed by atoms with van der Waals surface area (Å²) in [5.74, 6) is 0.275. The fraction of sp³-hybridized carbons (Fsp3) is 0.706. The second-order valence-corrected chi connectivity index (χ2v) is 7.40. The van der Waals surface area contributed by atoms with Gasteiger partial charge in [-0.1, -0.05) is 6.92 Å². The molecule has 2 aliphatic heterocycles. The number of hydrogen-bond donors (Lipinski definition) is 1. The predicted molar refractivity (Wildman–Crippen MR) is 90.7 cm³/mol. The van der Waals surface area contributed by atoms with Gasteiger partial charge in [0.05, 0.1) is 13.2 Å². The smallest absolute Gasteiger partial charge is 0.317 e. The van der Waals surface area contributed by atoms with Gasteiger partial charge >= 0.3 is 6.03 Å². The highest BCUT2D eigenvalue weighted by atomic mass is 32.1. The first-order valence-corrected chi connectivity index (χ1v) is 9.35. The molecule has 0 spiro atoms. The van der Waals surface area contributed by atoms with E-state index < -0.39 is 5.79 Å². The molecule has 6 heteroatoms. The summed E-state index contributed by atoms with van der Waals surface area (Å²) < 4.78 is 11.5. The van der Waals surface area contributed by atoms with Gasteiger partial charge in [0.1, 0.15) is 0 Å². The van der Waals surface area contributed by atoms with Crippen LogP contribution in [0.3, 0.4) is 0 Å². The van der Waals surface area contributed by atoms with Gasteiger partial charge in [0.2, 0.25) is 0 Å². The van der Waals surface area contributed by atoms with Crippen molar-refractivity contribution in [3.8, 4) is 0 Å². The predicted octanol–water partition coefficient (Wildman–Crippen LogP) is 3.04. The Hall–Kier alpha value is -1.11. The molecular weight excluding hydrogens is 312 g/mol. The summed E-state index contributed by atoms with van der Waals surface area (Å²) in [6.45, 7) is 7.75. The number of rotatable bonds is 4.